The molecule has 0 unspecified atom stereocenters. The summed E-state index contributed by atoms with van der Waals surface area (Å²) in [5.74, 6) is -11.3. The number of hydrogen-bond acceptors (Lipinski definition) is 6. The number of nitrogens with one attached hydrogen (secondary N) is 1. The maximum Gasteiger partial charge on any atom is 0.257 e. The topological polar surface area (TPSA) is 88.0 Å². The number of ether oxygens (including phenoxy) is 2. The average molecular weight is 660 g/mol. The first-order chi connectivity index (χ1) is 22.2. The molecular formula is C34H30F5NO5S. The molecule has 3 N–H and O–H groups in total. The lowest BCUT2D eigenvalue weighted by molar-refractivity contribution is -0.245. The molecule has 1 aliphatic heterocycles. The Kier molecular flexibility index (Phi) is 11.1. The molecule has 4 aromatic rings. The molecule has 1 aliphatic rings. The van der Waals surface area contributed by atoms with Gasteiger partial charge in [0.05, 0.1) is 25.4 Å². The molecule has 1 saturated heterocycles. The summed E-state index contributed by atoms with van der Waals surface area (Å²) in [5.41, 5.74) is 2.94. The summed E-state index contributed by atoms with van der Waals surface area (Å²) in [6.45, 7) is -0.250. The normalized spacial score (nSPS) is 18.0. The van der Waals surface area contributed by atoms with Crippen LogP contribution in [0.25, 0.3) is 11.1 Å². The SMILES string of the molecule is O=C(NCc1cccc(-c2cccc([C@H]3O[C@@H](CSCCO)C[C@@H](c4ccc(CO)cc4)O3)c2)c1)c1c(F)c(F)c(F)c(F)c1F. The molecule has 46 heavy (non-hydrogen) atoms. The fraction of sp³-hybridized carbons (Fsp3) is 0.265. The van der Waals surface area contributed by atoms with Gasteiger partial charge in [0.2, 0.25) is 5.82 Å². The van der Waals surface area contributed by atoms with Gasteiger partial charge in [-0.25, -0.2) is 22.0 Å². The maximum absolute atomic E-state index is 14.1. The largest absolute Gasteiger partial charge is 0.396 e. The molecule has 0 aliphatic carbocycles. The van der Waals surface area contributed by atoms with Gasteiger partial charge >= 0.3 is 0 Å². The summed E-state index contributed by atoms with van der Waals surface area (Å²) < 4.78 is 81.5. The number of amides is 1. The molecule has 1 heterocycles. The Bertz CT molecular complexity index is 1660. The van der Waals surface area contributed by atoms with E-state index in [0.717, 1.165) is 27.8 Å². The van der Waals surface area contributed by atoms with Gasteiger partial charge in [-0.2, -0.15) is 11.8 Å². The second kappa shape index (κ2) is 15.2. The highest BCUT2D eigenvalue weighted by atomic mass is 32.2. The van der Waals surface area contributed by atoms with Crippen LogP contribution >= 0.6 is 11.8 Å². The number of aliphatic hydroxyl groups excluding tert-OH is 2. The van der Waals surface area contributed by atoms with Crippen molar-refractivity contribution in [3.05, 3.63) is 130 Å². The zero-order valence-corrected chi connectivity index (χ0v) is 25.1. The van der Waals surface area contributed by atoms with Gasteiger partial charge in [-0.1, -0.05) is 60.7 Å². The van der Waals surface area contributed by atoms with E-state index in [1.54, 1.807) is 30.0 Å². The van der Waals surface area contributed by atoms with E-state index in [9.17, 15) is 37.0 Å². The van der Waals surface area contributed by atoms with Crippen molar-refractivity contribution in [2.45, 2.75) is 38.1 Å². The highest BCUT2D eigenvalue weighted by Crippen LogP contribution is 2.39. The quantitative estimate of drug-likeness (QED) is 0.0716. The average Bonchev–Trinajstić information content (AvgIpc) is 3.09. The maximum atomic E-state index is 14.1. The van der Waals surface area contributed by atoms with E-state index in [1.807, 2.05) is 54.6 Å². The molecule has 0 spiro atoms. The fourth-order valence-corrected chi connectivity index (χ4v) is 5.88. The number of benzene rings is 4. The van der Waals surface area contributed by atoms with Gasteiger partial charge in [-0.3, -0.25) is 4.79 Å². The van der Waals surface area contributed by atoms with Crippen LogP contribution in [0.4, 0.5) is 22.0 Å². The lowest BCUT2D eigenvalue weighted by Gasteiger charge is -2.36. The molecule has 0 saturated carbocycles. The van der Waals surface area contributed by atoms with Crippen molar-refractivity contribution in [2.24, 2.45) is 0 Å². The van der Waals surface area contributed by atoms with Crippen LogP contribution in [0, 0.1) is 29.1 Å². The van der Waals surface area contributed by atoms with Gasteiger partial charge in [0.25, 0.3) is 5.91 Å². The summed E-state index contributed by atoms with van der Waals surface area (Å²) in [7, 11) is 0. The van der Waals surface area contributed by atoms with Crippen molar-refractivity contribution in [3.63, 3.8) is 0 Å². The van der Waals surface area contributed by atoms with Crippen molar-refractivity contribution >= 4 is 17.7 Å². The predicted molar refractivity (Wildman–Crippen MR) is 162 cm³/mol. The third kappa shape index (κ3) is 7.59. The second-order valence-corrected chi connectivity index (χ2v) is 11.8. The van der Waals surface area contributed by atoms with Gasteiger partial charge in [-0.15, -0.1) is 0 Å². The number of hydrogen-bond donors (Lipinski definition) is 3. The van der Waals surface area contributed by atoms with Crippen LogP contribution in [0.1, 0.15) is 51.4 Å². The Morgan fingerprint density at radius 3 is 2.11 bits per heavy atom. The number of aliphatic hydroxyl groups is 2. The molecule has 12 heteroatoms. The first-order valence-corrected chi connectivity index (χ1v) is 15.5. The third-order valence-corrected chi connectivity index (χ3v) is 8.54. The molecule has 0 aromatic heterocycles. The number of halogens is 5. The minimum atomic E-state index is -2.34. The van der Waals surface area contributed by atoms with Crippen molar-refractivity contribution < 1.29 is 46.4 Å². The van der Waals surface area contributed by atoms with Crippen LogP contribution < -0.4 is 5.32 Å². The first kappa shape index (κ1) is 33.6. The summed E-state index contributed by atoms with van der Waals surface area (Å²) in [4.78, 5) is 12.4. The van der Waals surface area contributed by atoms with Crippen molar-refractivity contribution in [1.29, 1.82) is 0 Å². The molecule has 3 atom stereocenters. The van der Waals surface area contributed by atoms with Gasteiger partial charge in [-0.05, 0) is 39.9 Å². The monoisotopic (exact) mass is 659 g/mol. The molecular weight excluding hydrogens is 629 g/mol. The van der Waals surface area contributed by atoms with E-state index in [-0.39, 0.29) is 32.0 Å². The van der Waals surface area contributed by atoms with Gasteiger partial charge in [0, 0.05) is 30.0 Å². The van der Waals surface area contributed by atoms with Crippen LogP contribution in [0.5, 0.6) is 0 Å². The second-order valence-electron chi connectivity index (χ2n) is 10.6. The fourth-order valence-electron chi connectivity index (χ4n) is 5.10. The zero-order valence-electron chi connectivity index (χ0n) is 24.3. The minimum Gasteiger partial charge on any atom is -0.396 e. The van der Waals surface area contributed by atoms with Crippen LogP contribution in [0.3, 0.4) is 0 Å². The van der Waals surface area contributed by atoms with Crippen molar-refractivity contribution in [1.82, 2.24) is 5.32 Å². The van der Waals surface area contributed by atoms with E-state index < -0.39 is 46.8 Å². The number of rotatable bonds is 11. The van der Waals surface area contributed by atoms with E-state index >= 15 is 0 Å². The number of carbonyl (C=O) groups is 1. The van der Waals surface area contributed by atoms with Crippen LogP contribution in [-0.2, 0) is 22.6 Å². The molecule has 4 aromatic carbocycles. The van der Waals surface area contributed by atoms with Crippen molar-refractivity contribution in [3.8, 4) is 11.1 Å². The van der Waals surface area contributed by atoms with Gasteiger partial charge in [0.1, 0.15) is 5.56 Å². The Balaban J connectivity index is 1.33. The summed E-state index contributed by atoms with van der Waals surface area (Å²) >= 11 is 1.58. The van der Waals surface area contributed by atoms with E-state index in [0.29, 0.717) is 23.5 Å². The third-order valence-electron chi connectivity index (χ3n) is 7.46. The highest BCUT2D eigenvalue weighted by Gasteiger charge is 2.32. The van der Waals surface area contributed by atoms with E-state index in [1.165, 1.54) is 0 Å². The molecule has 5 rings (SSSR count). The van der Waals surface area contributed by atoms with E-state index in [4.69, 9.17) is 9.47 Å². The van der Waals surface area contributed by atoms with Crippen LogP contribution in [0.2, 0.25) is 0 Å². The standard InChI is InChI=1S/C34H30F5NO5S/c35-28-27(29(36)31(38)32(39)30(28)37)33(43)40-16-20-3-1-4-22(13-20)23-5-2-6-24(14-23)34-44-25(18-46-12-11-41)15-26(45-34)21-9-7-19(17-42)8-10-21/h1-10,13-14,25-26,34,41-42H,11-12,15-18H2,(H,40,43)/t25-,26+,34+/m1/s1. The van der Waals surface area contributed by atoms with E-state index in [2.05, 4.69) is 5.32 Å². The molecule has 1 amide bonds. The Hall–Kier alpha value is -3.81. The summed E-state index contributed by atoms with van der Waals surface area (Å²) in [6, 6.07) is 21.9. The molecule has 242 valence electrons. The number of thioether (sulfide) groups is 1. The highest BCUT2D eigenvalue weighted by molar-refractivity contribution is 7.99. The summed E-state index contributed by atoms with van der Waals surface area (Å²) in [6.07, 6.45) is -0.545. The first-order valence-electron chi connectivity index (χ1n) is 14.4. The predicted octanol–water partition coefficient (Wildman–Crippen LogP) is 6.74. The van der Waals surface area contributed by atoms with Gasteiger partial charge < -0.3 is 25.0 Å². The smallest absolute Gasteiger partial charge is 0.257 e. The van der Waals surface area contributed by atoms with Crippen molar-refractivity contribution in [2.75, 3.05) is 18.1 Å². The zero-order chi connectivity index (χ0) is 32.8. The van der Waals surface area contributed by atoms with Gasteiger partial charge in [0.15, 0.2) is 29.6 Å². The lowest BCUT2D eigenvalue weighted by Crippen LogP contribution is -2.31. The van der Waals surface area contributed by atoms with Crippen LogP contribution in [0.15, 0.2) is 72.8 Å². The summed E-state index contributed by atoms with van der Waals surface area (Å²) in [5, 5.41) is 20.9. The minimum absolute atomic E-state index is 0.0608. The Morgan fingerprint density at radius 1 is 0.783 bits per heavy atom. The molecule has 0 radical (unpaired) electrons. The molecule has 1 fully saturated rings. The number of carbonyl (C=O) groups excluding carboxylic acids is 1. The Labute approximate surface area is 266 Å². The lowest BCUT2D eigenvalue weighted by atomic mass is 9.99. The van der Waals surface area contributed by atoms with Crippen LogP contribution in [-0.4, -0.2) is 40.3 Å². The Morgan fingerprint density at radius 2 is 1.43 bits per heavy atom. The molecule has 0 bridgehead atoms. The molecule has 6 nitrogen and oxygen atoms in total.